The van der Waals surface area contributed by atoms with Crippen molar-refractivity contribution in [3.05, 3.63) is 70.2 Å². The SMILES string of the molecule is Cc1ncsc1-c1ccc([C@H](C)NC(=O)[C@@H]2C[C@@H](O)CN2C(=O)[C@@H](NC(=O)CCC(=O)N[C@H]2C[C@H](Oc3c(-c4csc(N5CCOCC5)n4)ccc(F)c3F)C2)C(C)(C)C)cc1. The molecule has 4 amide bonds. The molecule has 18 heteroatoms. The predicted octanol–water partition coefficient (Wildman–Crippen LogP) is 5.53. The van der Waals surface area contributed by atoms with Crippen LogP contribution in [-0.4, -0.2) is 107 Å². The van der Waals surface area contributed by atoms with Gasteiger partial charge in [0.15, 0.2) is 16.7 Å². The molecule has 0 unspecified atom stereocenters. The first-order chi connectivity index (χ1) is 29.5. The van der Waals surface area contributed by atoms with Crippen molar-refractivity contribution in [1.82, 2.24) is 30.8 Å². The van der Waals surface area contributed by atoms with Crippen LogP contribution in [0.4, 0.5) is 13.9 Å². The molecule has 62 heavy (non-hydrogen) atoms. The molecule has 2 saturated heterocycles. The number of ether oxygens (including phenoxy) is 2. The Kier molecular flexibility index (Phi) is 13.9. The van der Waals surface area contributed by atoms with Crippen LogP contribution < -0.4 is 25.6 Å². The molecule has 7 rings (SSSR count). The number of hydrogen-bond acceptors (Lipinski definition) is 12. The van der Waals surface area contributed by atoms with Crippen molar-refractivity contribution in [2.45, 2.75) is 103 Å². The Morgan fingerprint density at radius 3 is 2.37 bits per heavy atom. The van der Waals surface area contributed by atoms with E-state index in [1.165, 1.54) is 22.3 Å². The molecule has 4 atom stereocenters. The number of rotatable bonds is 14. The number of aromatic nitrogens is 2. The molecule has 1 saturated carbocycles. The van der Waals surface area contributed by atoms with Gasteiger partial charge in [-0.3, -0.25) is 19.2 Å². The zero-order valence-corrected chi connectivity index (χ0v) is 37.0. The second-order valence-electron chi connectivity index (χ2n) is 17.2. The minimum Gasteiger partial charge on any atom is -0.486 e. The van der Waals surface area contributed by atoms with Gasteiger partial charge in [-0.1, -0.05) is 45.0 Å². The minimum absolute atomic E-state index is 0.0479. The van der Waals surface area contributed by atoms with E-state index in [2.05, 4.69) is 30.8 Å². The highest BCUT2D eigenvalue weighted by atomic mass is 32.1. The number of carbonyl (C=O) groups excluding carboxylic acids is 4. The van der Waals surface area contributed by atoms with Gasteiger partial charge in [0.05, 0.1) is 47.1 Å². The number of nitrogens with one attached hydrogen (secondary N) is 3. The molecule has 2 aliphatic heterocycles. The van der Waals surface area contributed by atoms with Gasteiger partial charge in [0, 0.05) is 68.7 Å². The fourth-order valence-electron chi connectivity index (χ4n) is 7.86. The number of β-amino-alcohol motifs (C(OH)–C–C–N with tert-alkyl or cyclic N) is 1. The molecule has 14 nitrogen and oxygen atoms in total. The quantitative estimate of drug-likeness (QED) is 0.126. The van der Waals surface area contributed by atoms with E-state index in [4.69, 9.17) is 9.47 Å². The van der Waals surface area contributed by atoms with E-state index >= 15 is 4.39 Å². The van der Waals surface area contributed by atoms with Gasteiger partial charge in [-0.15, -0.1) is 22.7 Å². The molecule has 4 N–H and O–H groups in total. The van der Waals surface area contributed by atoms with E-state index in [-0.39, 0.29) is 49.5 Å². The number of benzene rings is 2. The lowest BCUT2D eigenvalue weighted by Crippen LogP contribution is -2.58. The number of morpholine rings is 1. The van der Waals surface area contributed by atoms with Gasteiger partial charge in [-0.25, -0.2) is 14.4 Å². The molecule has 3 fully saturated rings. The molecule has 332 valence electrons. The largest absolute Gasteiger partial charge is 0.486 e. The number of likely N-dealkylation sites (tertiary alicyclic amines) is 1. The van der Waals surface area contributed by atoms with Gasteiger partial charge in [-0.05, 0) is 42.5 Å². The van der Waals surface area contributed by atoms with Crippen LogP contribution in [0.15, 0.2) is 47.3 Å². The Hall–Kier alpha value is -5.04. The first-order valence-electron chi connectivity index (χ1n) is 20.9. The van der Waals surface area contributed by atoms with E-state index < -0.39 is 59.1 Å². The number of halogens is 2. The smallest absolute Gasteiger partial charge is 0.246 e. The van der Waals surface area contributed by atoms with Crippen LogP contribution in [0.3, 0.4) is 0 Å². The standard InChI is InChI=1S/C44H53F2N7O7S2/c1-24(26-6-8-27(9-7-26)39-25(2)47-23-62-39)48-41(57)34-20-29(54)21-53(34)42(58)40(44(3,4)5)51-36(56)13-12-35(55)49-28-18-30(19-28)60-38-31(10-11-32(45)37(38)46)33-22-61-43(50-33)52-14-16-59-17-15-52/h6-11,22-24,28-30,34,40,54H,12-21H2,1-5H3,(H,48,57)(H,49,55)(H,51,56)/t24-,28-,29+,30-,34-,40+/m0/s1. The van der Waals surface area contributed by atoms with Gasteiger partial charge in [0.1, 0.15) is 18.2 Å². The Bertz CT molecular complexity index is 2250. The molecule has 2 aromatic carbocycles. The third kappa shape index (κ3) is 10.4. The van der Waals surface area contributed by atoms with Crippen LogP contribution in [-0.2, 0) is 23.9 Å². The van der Waals surface area contributed by atoms with Crippen LogP contribution >= 0.6 is 22.7 Å². The van der Waals surface area contributed by atoms with E-state index in [0.717, 1.165) is 32.9 Å². The summed E-state index contributed by atoms with van der Waals surface area (Å²) in [6.07, 6.45) is -1.04. The average molecular weight is 894 g/mol. The third-order valence-electron chi connectivity index (χ3n) is 11.5. The van der Waals surface area contributed by atoms with Gasteiger partial charge in [0.2, 0.25) is 29.4 Å². The van der Waals surface area contributed by atoms with Crippen molar-refractivity contribution in [3.63, 3.8) is 0 Å². The monoisotopic (exact) mass is 893 g/mol. The fraction of sp³-hybridized carbons (Fsp3) is 0.500. The van der Waals surface area contributed by atoms with Crippen molar-refractivity contribution >= 4 is 51.4 Å². The number of aryl methyl sites for hydroxylation is 1. The molecule has 4 heterocycles. The van der Waals surface area contributed by atoms with Crippen LogP contribution in [0.5, 0.6) is 5.75 Å². The minimum atomic E-state index is -1.11. The van der Waals surface area contributed by atoms with Crippen molar-refractivity contribution < 1.29 is 42.5 Å². The summed E-state index contributed by atoms with van der Waals surface area (Å²) in [5, 5.41) is 21.8. The second-order valence-corrected chi connectivity index (χ2v) is 18.9. The third-order valence-corrected chi connectivity index (χ3v) is 13.4. The maximum absolute atomic E-state index is 15.1. The van der Waals surface area contributed by atoms with E-state index in [0.29, 0.717) is 50.4 Å². The molecular weight excluding hydrogens is 841 g/mol. The Balaban J connectivity index is 0.889. The summed E-state index contributed by atoms with van der Waals surface area (Å²) < 4.78 is 40.9. The molecule has 3 aliphatic rings. The molecule has 2 aromatic heterocycles. The number of aliphatic hydroxyl groups excluding tert-OH is 1. The normalized spacial score (nSPS) is 21.2. The van der Waals surface area contributed by atoms with Crippen molar-refractivity contribution in [2.75, 3.05) is 37.7 Å². The van der Waals surface area contributed by atoms with Crippen LogP contribution in [0.25, 0.3) is 21.7 Å². The van der Waals surface area contributed by atoms with Gasteiger partial charge in [-0.2, -0.15) is 4.39 Å². The van der Waals surface area contributed by atoms with Gasteiger partial charge in [0.25, 0.3) is 0 Å². The van der Waals surface area contributed by atoms with Crippen LogP contribution in [0.1, 0.15) is 77.1 Å². The number of thiazole rings is 2. The Morgan fingerprint density at radius 2 is 1.69 bits per heavy atom. The predicted molar refractivity (Wildman–Crippen MR) is 232 cm³/mol. The first kappa shape index (κ1) is 45.0. The zero-order chi connectivity index (χ0) is 44.3. The van der Waals surface area contributed by atoms with E-state index in [1.807, 2.05) is 38.1 Å². The molecular formula is C44H53F2N7O7S2. The van der Waals surface area contributed by atoms with E-state index in [9.17, 15) is 28.7 Å². The molecule has 0 spiro atoms. The Morgan fingerprint density at radius 1 is 0.984 bits per heavy atom. The van der Waals surface area contributed by atoms with Crippen LogP contribution in [0.2, 0.25) is 0 Å². The van der Waals surface area contributed by atoms with Gasteiger partial charge < -0.3 is 40.3 Å². The molecule has 0 bridgehead atoms. The van der Waals surface area contributed by atoms with Gasteiger partial charge >= 0.3 is 0 Å². The highest BCUT2D eigenvalue weighted by Crippen LogP contribution is 2.39. The summed E-state index contributed by atoms with van der Waals surface area (Å²) in [7, 11) is 0. The maximum Gasteiger partial charge on any atom is 0.246 e. The Labute approximate surface area is 367 Å². The summed E-state index contributed by atoms with van der Waals surface area (Å²) in [5.74, 6) is -4.21. The summed E-state index contributed by atoms with van der Waals surface area (Å²) >= 11 is 2.96. The molecule has 4 aromatic rings. The summed E-state index contributed by atoms with van der Waals surface area (Å²) in [5.41, 5.74) is 4.67. The van der Waals surface area contributed by atoms with Crippen LogP contribution in [0, 0.1) is 24.0 Å². The lowest BCUT2D eigenvalue weighted by atomic mass is 9.85. The summed E-state index contributed by atoms with van der Waals surface area (Å²) in [6.45, 7) is 11.6. The van der Waals surface area contributed by atoms with Crippen molar-refractivity contribution in [3.8, 4) is 27.4 Å². The zero-order valence-electron chi connectivity index (χ0n) is 35.4. The number of anilines is 1. The highest BCUT2D eigenvalue weighted by Gasteiger charge is 2.45. The molecule has 1 aliphatic carbocycles. The highest BCUT2D eigenvalue weighted by molar-refractivity contribution is 7.14. The average Bonchev–Trinajstić information content (AvgIpc) is 4.00. The molecule has 0 radical (unpaired) electrons. The number of aliphatic hydroxyl groups is 1. The first-order valence-corrected chi connectivity index (χ1v) is 22.6. The van der Waals surface area contributed by atoms with Crippen molar-refractivity contribution in [2.24, 2.45) is 5.41 Å². The number of hydrogen-bond donors (Lipinski definition) is 4. The maximum atomic E-state index is 15.1. The second kappa shape index (κ2) is 19.1. The lowest BCUT2D eigenvalue weighted by molar-refractivity contribution is -0.144. The van der Waals surface area contributed by atoms with E-state index in [1.54, 1.807) is 43.0 Å². The topological polar surface area (TPSA) is 175 Å². The summed E-state index contributed by atoms with van der Waals surface area (Å²) in [4.78, 5) is 67.4. The number of nitrogens with zero attached hydrogens (tertiary/aromatic N) is 4. The fourth-order valence-corrected chi connectivity index (χ4v) is 9.55. The lowest BCUT2D eigenvalue weighted by Gasteiger charge is -2.36. The van der Waals surface area contributed by atoms with Crippen molar-refractivity contribution in [1.29, 1.82) is 0 Å². The number of carbonyl (C=O) groups is 4. The number of amides is 4. The summed E-state index contributed by atoms with van der Waals surface area (Å²) in [6, 6.07) is 7.65.